The minimum Gasteiger partial charge on any atom is -0.481 e. The Balaban J connectivity index is 2.11. The average Bonchev–Trinajstić information content (AvgIpc) is 3.17. The second-order valence-corrected chi connectivity index (χ2v) is 8.45. The van der Waals surface area contributed by atoms with Crippen molar-refractivity contribution in [2.24, 2.45) is 5.41 Å². The highest BCUT2D eigenvalue weighted by Gasteiger charge is 2.50. The molecule has 0 radical (unpaired) electrons. The maximum absolute atomic E-state index is 12.2. The van der Waals surface area contributed by atoms with Crippen LogP contribution in [0.15, 0.2) is 29.2 Å². The van der Waals surface area contributed by atoms with Crippen molar-refractivity contribution in [3.8, 4) is 0 Å². The molecule has 0 heterocycles. The smallest absolute Gasteiger partial charge is 0.310 e. The molecule has 0 bridgehead atoms. The summed E-state index contributed by atoms with van der Waals surface area (Å²) in [6.45, 7) is 6.11. The Morgan fingerprint density at radius 2 is 1.76 bits per heavy atom. The van der Waals surface area contributed by atoms with E-state index < -0.39 is 21.4 Å². The number of hydrogen-bond acceptors (Lipinski definition) is 3. The van der Waals surface area contributed by atoms with Gasteiger partial charge >= 0.3 is 5.97 Å². The third kappa shape index (κ3) is 3.44. The molecule has 2 N–H and O–H groups in total. The van der Waals surface area contributed by atoms with Gasteiger partial charge in [-0.05, 0) is 36.0 Å². The van der Waals surface area contributed by atoms with Crippen molar-refractivity contribution < 1.29 is 18.3 Å². The fraction of sp³-hybridized carbons (Fsp3) is 0.533. The van der Waals surface area contributed by atoms with E-state index in [-0.39, 0.29) is 16.9 Å². The molecule has 0 unspecified atom stereocenters. The van der Waals surface area contributed by atoms with Crippen molar-refractivity contribution in [2.75, 3.05) is 6.54 Å². The van der Waals surface area contributed by atoms with Crippen molar-refractivity contribution in [3.63, 3.8) is 0 Å². The fourth-order valence-electron chi connectivity index (χ4n) is 2.07. The van der Waals surface area contributed by atoms with Crippen molar-refractivity contribution >= 4 is 16.0 Å². The van der Waals surface area contributed by atoms with Crippen LogP contribution >= 0.6 is 0 Å². The Bertz CT molecular complexity index is 637. The first-order chi connectivity index (χ1) is 9.57. The van der Waals surface area contributed by atoms with Crippen LogP contribution in [0, 0.1) is 5.41 Å². The maximum atomic E-state index is 12.2. The van der Waals surface area contributed by atoms with E-state index in [0.29, 0.717) is 12.8 Å². The highest BCUT2D eigenvalue weighted by atomic mass is 32.2. The molecule has 0 spiro atoms. The Morgan fingerprint density at radius 3 is 2.14 bits per heavy atom. The van der Waals surface area contributed by atoms with Crippen LogP contribution in [0.3, 0.4) is 0 Å². The summed E-state index contributed by atoms with van der Waals surface area (Å²) in [6.07, 6.45) is 1.04. The summed E-state index contributed by atoms with van der Waals surface area (Å²) in [7, 11) is -3.66. The van der Waals surface area contributed by atoms with Crippen LogP contribution in [-0.2, 0) is 20.2 Å². The largest absolute Gasteiger partial charge is 0.481 e. The van der Waals surface area contributed by atoms with Crippen LogP contribution in [0.2, 0.25) is 0 Å². The molecule has 2 rings (SSSR count). The Morgan fingerprint density at radius 1 is 1.24 bits per heavy atom. The number of nitrogens with one attached hydrogen (secondary N) is 1. The van der Waals surface area contributed by atoms with Gasteiger partial charge in [0.2, 0.25) is 10.0 Å². The predicted molar refractivity (Wildman–Crippen MR) is 79.6 cm³/mol. The second-order valence-electron chi connectivity index (χ2n) is 6.68. The van der Waals surface area contributed by atoms with E-state index in [9.17, 15) is 13.2 Å². The van der Waals surface area contributed by atoms with Crippen LogP contribution in [0.4, 0.5) is 0 Å². The molecule has 0 saturated heterocycles. The Kier molecular flexibility index (Phi) is 3.88. The van der Waals surface area contributed by atoms with E-state index in [1.807, 2.05) is 0 Å². The van der Waals surface area contributed by atoms with Crippen LogP contribution in [0.25, 0.3) is 0 Å². The maximum Gasteiger partial charge on any atom is 0.310 e. The van der Waals surface area contributed by atoms with Crippen LogP contribution < -0.4 is 4.72 Å². The number of rotatable bonds is 5. The Labute approximate surface area is 125 Å². The molecule has 1 aromatic carbocycles. The highest BCUT2D eigenvalue weighted by Crippen LogP contribution is 2.45. The summed E-state index contributed by atoms with van der Waals surface area (Å²) >= 11 is 0. The van der Waals surface area contributed by atoms with E-state index in [0.717, 1.165) is 5.56 Å². The molecule has 1 aliphatic carbocycles. The number of carboxylic acid groups (broad SMARTS) is 1. The van der Waals surface area contributed by atoms with Gasteiger partial charge in [0.1, 0.15) is 0 Å². The van der Waals surface area contributed by atoms with Crippen molar-refractivity contribution in [1.29, 1.82) is 0 Å². The lowest BCUT2D eigenvalue weighted by Crippen LogP contribution is -2.34. The molecule has 1 aliphatic rings. The number of benzene rings is 1. The van der Waals surface area contributed by atoms with Gasteiger partial charge in [-0.15, -0.1) is 0 Å². The lowest BCUT2D eigenvalue weighted by atomic mass is 9.87. The molecule has 0 aliphatic heterocycles. The van der Waals surface area contributed by atoms with Crippen LogP contribution in [-0.4, -0.2) is 26.0 Å². The number of aliphatic carboxylic acids is 1. The second kappa shape index (κ2) is 5.10. The molecule has 5 nitrogen and oxygen atoms in total. The van der Waals surface area contributed by atoms with Crippen molar-refractivity contribution in [1.82, 2.24) is 4.72 Å². The van der Waals surface area contributed by atoms with Gasteiger partial charge in [0, 0.05) is 6.54 Å². The molecular formula is C15H21NO4S. The summed E-state index contributed by atoms with van der Waals surface area (Å²) in [5.74, 6) is -0.937. The zero-order valence-electron chi connectivity index (χ0n) is 12.5. The highest BCUT2D eigenvalue weighted by molar-refractivity contribution is 7.89. The van der Waals surface area contributed by atoms with Crippen LogP contribution in [0.1, 0.15) is 39.2 Å². The standard InChI is InChI=1S/C15H21NO4S/c1-14(2,3)11-4-6-12(7-5-11)21(19,20)16-10-15(8-9-15)13(17)18/h4-7,16H,8-10H2,1-3H3,(H,17,18). The van der Waals surface area contributed by atoms with E-state index in [1.54, 1.807) is 24.3 Å². The first kappa shape index (κ1) is 16.0. The van der Waals surface area contributed by atoms with E-state index in [2.05, 4.69) is 25.5 Å². The zero-order valence-corrected chi connectivity index (χ0v) is 13.3. The summed E-state index contributed by atoms with van der Waals surface area (Å²) in [6, 6.07) is 6.70. The van der Waals surface area contributed by atoms with E-state index >= 15 is 0 Å². The van der Waals surface area contributed by atoms with Gasteiger partial charge in [-0.25, -0.2) is 13.1 Å². The Hall–Kier alpha value is -1.40. The summed E-state index contributed by atoms with van der Waals surface area (Å²) in [5.41, 5.74) is 0.0980. The molecule has 0 amide bonds. The van der Waals surface area contributed by atoms with Gasteiger partial charge in [0.15, 0.2) is 0 Å². The van der Waals surface area contributed by atoms with E-state index in [4.69, 9.17) is 5.11 Å². The summed E-state index contributed by atoms with van der Waals surface area (Å²) < 4.78 is 26.8. The molecule has 0 aromatic heterocycles. The minimum absolute atomic E-state index is 0.0445. The molecule has 1 fully saturated rings. The monoisotopic (exact) mass is 311 g/mol. The lowest BCUT2D eigenvalue weighted by molar-refractivity contribution is -0.143. The van der Waals surface area contributed by atoms with Gasteiger partial charge in [-0.2, -0.15) is 0 Å². The molecule has 6 heteroatoms. The summed E-state index contributed by atoms with van der Waals surface area (Å²) in [4.78, 5) is 11.2. The van der Waals surface area contributed by atoms with Crippen molar-refractivity contribution in [3.05, 3.63) is 29.8 Å². The van der Waals surface area contributed by atoms with Gasteiger partial charge in [-0.1, -0.05) is 32.9 Å². The molecule has 0 atom stereocenters. The summed E-state index contributed by atoms with van der Waals surface area (Å²) in [5, 5.41) is 9.06. The van der Waals surface area contributed by atoms with Gasteiger partial charge in [0.25, 0.3) is 0 Å². The number of carboxylic acids is 1. The lowest BCUT2D eigenvalue weighted by Gasteiger charge is -2.19. The van der Waals surface area contributed by atoms with Crippen LogP contribution in [0.5, 0.6) is 0 Å². The van der Waals surface area contributed by atoms with Gasteiger partial charge in [0.05, 0.1) is 10.3 Å². The van der Waals surface area contributed by atoms with E-state index in [1.165, 1.54) is 0 Å². The molecule has 1 aromatic rings. The molecular weight excluding hydrogens is 290 g/mol. The fourth-order valence-corrected chi connectivity index (χ4v) is 3.20. The molecule has 116 valence electrons. The van der Waals surface area contributed by atoms with Gasteiger partial charge in [-0.3, -0.25) is 4.79 Å². The first-order valence-electron chi connectivity index (χ1n) is 6.90. The third-order valence-electron chi connectivity index (χ3n) is 3.94. The zero-order chi connectivity index (χ0) is 15.9. The topological polar surface area (TPSA) is 83.5 Å². The van der Waals surface area contributed by atoms with Gasteiger partial charge < -0.3 is 5.11 Å². The number of hydrogen-bond donors (Lipinski definition) is 2. The average molecular weight is 311 g/mol. The molecule has 21 heavy (non-hydrogen) atoms. The normalized spacial score (nSPS) is 17.5. The number of sulfonamides is 1. The SMILES string of the molecule is CC(C)(C)c1ccc(S(=O)(=O)NCC2(C(=O)O)CC2)cc1. The number of carbonyl (C=O) groups is 1. The molecule has 1 saturated carbocycles. The third-order valence-corrected chi connectivity index (χ3v) is 5.36. The first-order valence-corrected chi connectivity index (χ1v) is 8.39. The minimum atomic E-state index is -3.66. The van der Waals surface area contributed by atoms with Crippen molar-refractivity contribution in [2.45, 2.75) is 43.9 Å². The predicted octanol–water partition coefficient (Wildman–Crippen LogP) is 2.13. The quantitative estimate of drug-likeness (QED) is 0.872.